The molecule has 2 rings (SSSR count). The molecule has 2 aromatic carbocycles. The lowest BCUT2D eigenvalue weighted by Crippen LogP contribution is -1.82. The number of halogens is 1. The van der Waals surface area contributed by atoms with Crippen LogP contribution in [-0.2, 0) is 5.75 Å². The van der Waals surface area contributed by atoms with Crippen molar-refractivity contribution in [3.05, 3.63) is 65.5 Å². The van der Waals surface area contributed by atoms with Crippen molar-refractivity contribution in [2.75, 3.05) is 0 Å². The highest BCUT2D eigenvalue weighted by Gasteiger charge is 1.97. The molecule has 0 aromatic heterocycles. The van der Waals surface area contributed by atoms with Crippen molar-refractivity contribution in [1.29, 1.82) is 0 Å². The molecule has 0 atom stereocenters. The highest BCUT2D eigenvalue weighted by Crippen LogP contribution is 2.22. The van der Waals surface area contributed by atoms with Gasteiger partial charge in [0.1, 0.15) is 12.1 Å². The second-order valence-corrected chi connectivity index (χ2v) is 4.65. The van der Waals surface area contributed by atoms with Crippen LogP contribution in [0.2, 0.25) is 0 Å². The summed E-state index contributed by atoms with van der Waals surface area (Å²) in [4.78, 5) is 11.6. The van der Waals surface area contributed by atoms with Crippen molar-refractivity contribution in [3.63, 3.8) is 0 Å². The van der Waals surface area contributed by atoms with Crippen LogP contribution in [0.4, 0.5) is 4.39 Å². The summed E-state index contributed by atoms with van der Waals surface area (Å²) in [6.07, 6.45) is 0.828. The van der Waals surface area contributed by atoms with Crippen LogP contribution in [0.3, 0.4) is 0 Å². The quantitative estimate of drug-likeness (QED) is 0.600. The molecule has 0 amide bonds. The monoisotopic (exact) mass is 246 g/mol. The van der Waals surface area contributed by atoms with Gasteiger partial charge in [0.05, 0.1) is 0 Å². The molecule has 0 bridgehead atoms. The van der Waals surface area contributed by atoms with Crippen molar-refractivity contribution in [2.45, 2.75) is 10.6 Å². The molecule has 0 fully saturated rings. The largest absolute Gasteiger partial charge is 0.298 e. The SMILES string of the molecule is O=Cc1ccc(SCc2ccc(F)cc2)cc1. The molecule has 0 N–H and O–H groups in total. The Balaban J connectivity index is 1.97. The van der Waals surface area contributed by atoms with Crippen molar-refractivity contribution < 1.29 is 9.18 Å². The molecule has 0 heterocycles. The molecule has 0 unspecified atom stereocenters. The minimum atomic E-state index is -0.214. The van der Waals surface area contributed by atoms with E-state index in [1.54, 1.807) is 36.0 Å². The highest BCUT2D eigenvalue weighted by molar-refractivity contribution is 7.98. The minimum absolute atomic E-state index is 0.214. The molecule has 3 heteroatoms. The Morgan fingerprint density at radius 2 is 1.65 bits per heavy atom. The van der Waals surface area contributed by atoms with Crippen LogP contribution in [0.5, 0.6) is 0 Å². The number of carbonyl (C=O) groups excluding carboxylic acids is 1. The molecule has 1 nitrogen and oxygen atoms in total. The van der Waals surface area contributed by atoms with Crippen molar-refractivity contribution in [1.82, 2.24) is 0 Å². The number of carbonyl (C=O) groups is 1. The van der Waals surface area contributed by atoms with Gasteiger partial charge in [-0.25, -0.2) is 4.39 Å². The molecule has 86 valence electrons. The number of benzene rings is 2. The van der Waals surface area contributed by atoms with Crippen LogP contribution >= 0.6 is 11.8 Å². The molecule has 0 aliphatic carbocycles. The lowest BCUT2D eigenvalue weighted by atomic mass is 10.2. The minimum Gasteiger partial charge on any atom is -0.298 e. The average Bonchev–Trinajstić information content (AvgIpc) is 2.39. The number of thioether (sulfide) groups is 1. The van der Waals surface area contributed by atoms with E-state index < -0.39 is 0 Å². The van der Waals surface area contributed by atoms with E-state index in [0.29, 0.717) is 5.56 Å². The molecule has 0 aliphatic rings. The van der Waals surface area contributed by atoms with Gasteiger partial charge in [0.25, 0.3) is 0 Å². The van der Waals surface area contributed by atoms with Gasteiger partial charge in [-0.2, -0.15) is 0 Å². The summed E-state index contributed by atoms with van der Waals surface area (Å²) in [6, 6.07) is 13.9. The fourth-order valence-electron chi connectivity index (χ4n) is 1.39. The van der Waals surface area contributed by atoms with E-state index in [4.69, 9.17) is 0 Å². The fourth-order valence-corrected chi connectivity index (χ4v) is 2.24. The molecule has 17 heavy (non-hydrogen) atoms. The van der Waals surface area contributed by atoms with E-state index in [1.807, 2.05) is 12.1 Å². The Bertz CT molecular complexity index is 491. The van der Waals surface area contributed by atoms with Crippen LogP contribution < -0.4 is 0 Å². The van der Waals surface area contributed by atoms with E-state index in [9.17, 15) is 9.18 Å². The van der Waals surface area contributed by atoms with Crippen molar-refractivity contribution >= 4 is 18.0 Å². The topological polar surface area (TPSA) is 17.1 Å². The lowest BCUT2D eigenvalue weighted by molar-refractivity contribution is 0.112. The normalized spacial score (nSPS) is 10.2. The molecule has 0 aliphatic heterocycles. The molecule has 0 saturated heterocycles. The predicted octanol–water partition coefficient (Wildman–Crippen LogP) is 3.93. The highest BCUT2D eigenvalue weighted by atomic mass is 32.2. The van der Waals surface area contributed by atoms with Crippen LogP contribution in [0, 0.1) is 5.82 Å². The summed E-state index contributed by atoms with van der Waals surface area (Å²) in [5.74, 6) is 0.579. The van der Waals surface area contributed by atoms with Crippen LogP contribution in [0.25, 0.3) is 0 Å². The average molecular weight is 246 g/mol. The van der Waals surface area contributed by atoms with E-state index in [1.165, 1.54) is 12.1 Å². The summed E-state index contributed by atoms with van der Waals surface area (Å²) >= 11 is 1.66. The maximum absolute atomic E-state index is 12.7. The van der Waals surface area contributed by atoms with Gasteiger partial charge in [0, 0.05) is 16.2 Å². The molecule has 2 aromatic rings. The zero-order valence-corrected chi connectivity index (χ0v) is 9.91. The molecule has 0 saturated carbocycles. The lowest BCUT2D eigenvalue weighted by Gasteiger charge is -2.02. The van der Waals surface area contributed by atoms with Gasteiger partial charge >= 0.3 is 0 Å². The second kappa shape index (κ2) is 5.64. The van der Waals surface area contributed by atoms with Gasteiger partial charge in [-0.15, -0.1) is 11.8 Å². The standard InChI is InChI=1S/C14H11FOS/c15-13-5-1-12(2-6-13)10-17-14-7-3-11(9-16)4-8-14/h1-9H,10H2. The van der Waals surface area contributed by atoms with Crippen molar-refractivity contribution in [3.8, 4) is 0 Å². The second-order valence-electron chi connectivity index (χ2n) is 3.60. The van der Waals surface area contributed by atoms with Gasteiger partial charge < -0.3 is 0 Å². The number of hydrogen-bond donors (Lipinski definition) is 0. The number of hydrogen-bond acceptors (Lipinski definition) is 2. The van der Waals surface area contributed by atoms with Gasteiger partial charge in [-0.3, -0.25) is 4.79 Å². The Hall–Kier alpha value is -1.61. The third-order valence-electron chi connectivity index (χ3n) is 2.33. The number of aldehydes is 1. The summed E-state index contributed by atoms with van der Waals surface area (Å²) in [6.45, 7) is 0. The van der Waals surface area contributed by atoms with Gasteiger partial charge in [0.15, 0.2) is 0 Å². The zero-order chi connectivity index (χ0) is 12.1. The van der Waals surface area contributed by atoms with Gasteiger partial charge in [-0.1, -0.05) is 24.3 Å². The molecule has 0 radical (unpaired) electrons. The van der Waals surface area contributed by atoms with Gasteiger partial charge in [0.2, 0.25) is 0 Å². The first kappa shape index (κ1) is 11.9. The maximum atomic E-state index is 12.7. The summed E-state index contributed by atoms with van der Waals surface area (Å²) in [5, 5.41) is 0. The van der Waals surface area contributed by atoms with E-state index in [-0.39, 0.29) is 5.82 Å². The first-order chi connectivity index (χ1) is 8.28. The van der Waals surface area contributed by atoms with Crippen LogP contribution in [0.15, 0.2) is 53.4 Å². The Morgan fingerprint density at radius 3 is 2.24 bits per heavy atom. The third-order valence-corrected chi connectivity index (χ3v) is 3.42. The maximum Gasteiger partial charge on any atom is 0.150 e. The molecular formula is C14H11FOS. The molecular weight excluding hydrogens is 235 g/mol. The van der Waals surface area contributed by atoms with Crippen LogP contribution in [0.1, 0.15) is 15.9 Å². The van der Waals surface area contributed by atoms with E-state index in [0.717, 1.165) is 22.5 Å². The Labute approximate surface area is 104 Å². The van der Waals surface area contributed by atoms with E-state index >= 15 is 0 Å². The Kier molecular flexibility index (Phi) is 3.94. The summed E-state index contributed by atoms with van der Waals surface area (Å²) in [5.41, 5.74) is 1.76. The summed E-state index contributed by atoms with van der Waals surface area (Å²) < 4.78 is 12.7. The first-order valence-corrected chi connectivity index (χ1v) is 6.19. The van der Waals surface area contributed by atoms with Crippen LogP contribution in [-0.4, -0.2) is 6.29 Å². The summed E-state index contributed by atoms with van der Waals surface area (Å²) in [7, 11) is 0. The Morgan fingerprint density at radius 1 is 1.00 bits per heavy atom. The van der Waals surface area contributed by atoms with Crippen molar-refractivity contribution in [2.24, 2.45) is 0 Å². The van der Waals surface area contributed by atoms with Gasteiger partial charge in [-0.05, 0) is 29.8 Å². The zero-order valence-electron chi connectivity index (χ0n) is 9.10. The number of rotatable bonds is 4. The fraction of sp³-hybridized carbons (Fsp3) is 0.0714. The predicted molar refractivity (Wildman–Crippen MR) is 67.8 cm³/mol. The third kappa shape index (κ3) is 3.43. The van der Waals surface area contributed by atoms with E-state index in [2.05, 4.69) is 0 Å². The molecule has 0 spiro atoms. The first-order valence-electron chi connectivity index (χ1n) is 5.20. The smallest absolute Gasteiger partial charge is 0.150 e.